The molecule has 1 heterocycles. The van der Waals surface area contributed by atoms with Gasteiger partial charge >= 0.3 is 5.97 Å². The van der Waals surface area contributed by atoms with Crippen LogP contribution in [-0.4, -0.2) is 23.0 Å². The van der Waals surface area contributed by atoms with Crippen LogP contribution < -0.4 is 6.15 Å². The van der Waals surface area contributed by atoms with E-state index in [4.69, 9.17) is 4.74 Å². The topological polar surface area (TPSA) is 109 Å². The molecule has 0 spiro atoms. The van der Waals surface area contributed by atoms with Crippen LogP contribution in [0, 0.1) is 6.92 Å². The van der Waals surface area contributed by atoms with Gasteiger partial charge in [-0.25, -0.2) is 4.79 Å². The molecule has 5 nitrogen and oxygen atoms in total. The number of quaternary nitrogens is 1. The van der Waals surface area contributed by atoms with Crippen molar-refractivity contribution in [2.75, 3.05) is 6.61 Å². The maximum absolute atomic E-state index is 11.1. The number of nitrogens with one attached hydrogen (secondary N) is 1. The summed E-state index contributed by atoms with van der Waals surface area (Å²) < 4.78 is 4.81. The SMILES string of the molecule is CCOC(=O)c1cc[nH]c1C.[NH4+].[OH-]. The highest BCUT2D eigenvalue weighted by Crippen LogP contribution is 2.05. The lowest BCUT2D eigenvalue weighted by molar-refractivity contribution is 0.0526. The lowest BCUT2D eigenvalue weighted by Crippen LogP contribution is -2.04. The predicted molar refractivity (Wildman–Crippen MR) is 49.4 cm³/mol. The van der Waals surface area contributed by atoms with E-state index < -0.39 is 0 Å². The van der Waals surface area contributed by atoms with Crippen LogP contribution in [0.3, 0.4) is 0 Å². The van der Waals surface area contributed by atoms with Gasteiger partial charge in [0.25, 0.3) is 0 Å². The smallest absolute Gasteiger partial charge is 0.339 e. The predicted octanol–water partition coefficient (Wildman–Crippen LogP) is 1.70. The fraction of sp³-hybridized carbons (Fsp3) is 0.375. The molecular formula is C8H16N2O3. The first kappa shape index (κ1) is 14.2. The van der Waals surface area contributed by atoms with Gasteiger partial charge in [-0.3, -0.25) is 0 Å². The third-order valence-electron chi connectivity index (χ3n) is 1.45. The molecule has 0 aliphatic rings. The van der Waals surface area contributed by atoms with E-state index in [0.717, 1.165) is 5.69 Å². The monoisotopic (exact) mass is 188 g/mol. The average Bonchev–Trinajstić information content (AvgIpc) is 2.36. The van der Waals surface area contributed by atoms with Crippen molar-refractivity contribution in [2.45, 2.75) is 13.8 Å². The Hall–Kier alpha value is -1.33. The van der Waals surface area contributed by atoms with Gasteiger partial charge in [-0.15, -0.1) is 0 Å². The Labute approximate surface area is 77.0 Å². The van der Waals surface area contributed by atoms with Crippen molar-refractivity contribution in [1.29, 1.82) is 0 Å². The van der Waals surface area contributed by atoms with Crippen LogP contribution in [0.5, 0.6) is 0 Å². The van der Waals surface area contributed by atoms with Crippen LogP contribution in [-0.2, 0) is 4.74 Å². The molecule has 76 valence electrons. The molecule has 1 aromatic heterocycles. The Balaban J connectivity index is 0. The van der Waals surface area contributed by atoms with Gasteiger partial charge in [-0.05, 0) is 19.9 Å². The first-order chi connectivity index (χ1) is 5.25. The fourth-order valence-corrected chi connectivity index (χ4v) is 0.883. The molecule has 0 unspecified atom stereocenters. The van der Waals surface area contributed by atoms with E-state index in [1.165, 1.54) is 0 Å². The average molecular weight is 188 g/mol. The van der Waals surface area contributed by atoms with Gasteiger partial charge in [-0.2, -0.15) is 0 Å². The molecule has 0 saturated heterocycles. The molecular weight excluding hydrogens is 172 g/mol. The van der Waals surface area contributed by atoms with Gasteiger partial charge in [-0.1, -0.05) is 0 Å². The second-order valence-corrected chi connectivity index (χ2v) is 2.24. The zero-order valence-electron chi connectivity index (χ0n) is 8.13. The number of hydrogen-bond donors (Lipinski definition) is 2. The van der Waals surface area contributed by atoms with Gasteiger partial charge in [0.1, 0.15) is 0 Å². The van der Waals surface area contributed by atoms with Crippen LogP contribution in [0.15, 0.2) is 12.3 Å². The Morgan fingerprint density at radius 1 is 1.62 bits per heavy atom. The van der Waals surface area contributed by atoms with Gasteiger partial charge in [0.15, 0.2) is 0 Å². The zero-order valence-corrected chi connectivity index (χ0v) is 8.13. The summed E-state index contributed by atoms with van der Waals surface area (Å²) in [5.74, 6) is -0.258. The summed E-state index contributed by atoms with van der Waals surface area (Å²) >= 11 is 0. The zero-order chi connectivity index (χ0) is 8.27. The summed E-state index contributed by atoms with van der Waals surface area (Å²) in [4.78, 5) is 14.0. The van der Waals surface area contributed by atoms with Gasteiger partial charge in [0, 0.05) is 11.9 Å². The van der Waals surface area contributed by atoms with Crippen LogP contribution in [0.25, 0.3) is 0 Å². The summed E-state index contributed by atoms with van der Waals surface area (Å²) in [5.41, 5.74) is 1.47. The molecule has 0 atom stereocenters. The second kappa shape index (κ2) is 6.22. The normalized spacial score (nSPS) is 8.15. The number of esters is 1. The number of aromatic nitrogens is 1. The highest BCUT2D eigenvalue weighted by Gasteiger charge is 2.08. The van der Waals surface area contributed by atoms with E-state index in [1.54, 1.807) is 19.2 Å². The van der Waals surface area contributed by atoms with Crippen molar-refractivity contribution >= 4 is 5.97 Å². The third-order valence-corrected chi connectivity index (χ3v) is 1.45. The summed E-state index contributed by atoms with van der Waals surface area (Å²) in [7, 11) is 0. The van der Waals surface area contributed by atoms with Gasteiger partial charge in [0.2, 0.25) is 0 Å². The number of aryl methyl sites for hydroxylation is 1. The number of aromatic amines is 1. The highest BCUT2D eigenvalue weighted by atomic mass is 16.5. The molecule has 0 bridgehead atoms. The summed E-state index contributed by atoms with van der Waals surface area (Å²) in [6.07, 6.45) is 1.72. The highest BCUT2D eigenvalue weighted by molar-refractivity contribution is 5.90. The first-order valence-electron chi connectivity index (χ1n) is 3.56. The Kier molecular flexibility index (Phi) is 6.79. The van der Waals surface area contributed by atoms with E-state index >= 15 is 0 Å². The van der Waals surface area contributed by atoms with Crippen molar-refractivity contribution < 1.29 is 15.0 Å². The molecule has 0 radical (unpaired) electrons. The summed E-state index contributed by atoms with van der Waals surface area (Å²) in [5, 5.41) is 0. The number of carbonyl (C=O) groups is 1. The van der Waals surface area contributed by atoms with E-state index in [-0.39, 0.29) is 17.6 Å². The van der Waals surface area contributed by atoms with Gasteiger partial charge in [0.05, 0.1) is 12.2 Å². The number of carbonyl (C=O) groups excluding carboxylic acids is 1. The molecule has 0 fully saturated rings. The molecule has 0 aromatic carbocycles. The van der Waals surface area contributed by atoms with E-state index in [0.29, 0.717) is 12.2 Å². The Bertz CT molecular complexity index is 258. The van der Waals surface area contributed by atoms with Crippen molar-refractivity contribution in [1.82, 2.24) is 11.1 Å². The number of rotatable bonds is 2. The molecule has 6 N–H and O–H groups in total. The van der Waals surface area contributed by atoms with E-state index in [2.05, 4.69) is 4.98 Å². The molecule has 1 aromatic rings. The van der Waals surface area contributed by atoms with Crippen molar-refractivity contribution in [2.24, 2.45) is 0 Å². The van der Waals surface area contributed by atoms with Crippen molar-refractivity contribution in [3.05, 3.63) is 23.5 Å². The maximum Gasteiger partial charge on any atom is 0.339 e. The van der Waals surface area contributed by atoms with Crippen LogP contribution in [0.4, 0.5) is 0 Å². The molecule has 5 heteroatoms. The van der Waals surface area contributed by atoms with Crippen LogP contribution in [0.2, 0.25) is 0 Å². The molecule has 13 heavy (non-hydrogen) atoms. The lowest BCUT2D eigenvalue weighted by Gasteiger charge is -1.98. The van der Waals surface area contributed by atoms with E-state index in [1.807, 2.05) is 6.92 Å². The van der Waals surface area contributed by atoms with Gasteiger partial charge < -0.3 is 21.3 Å². The largest absolute Gasteiger partial charge is 0.870 e. The minimum atomic E-state index is -0.258. The standard InChI is InChI=1S/C8H11NO2.H3N.H2O/c1-3-11-8(10)7-4-5-9-6(7)2;;/h4-5,9H,3H2,1-2H3;1H3;1H2. The minimum absolute atomic E-state index is 0. The fourth-order valence-electron chi connectivity index (χ4n) is 0.883. The summed E-state index contributed by atoms with van der Waals surface area (Å²) in [6.45, 7) is 4.05. The molecule has 1 rings (SSSR count). The summed E-state index contributed by atoms with van der Waals surface area (Å²) in [6, 6.07) is 1.72. The maximum atomic E-state index is 11.1. The second-order valence-electron chi connectivity index (χ2n) is 2.24. The molecule has 0 aliphatic heterocycles. The Morgan fingerprint density at radius 2 is 2.23 bits per heavy atom. The number of hydrogen-bond acceptors (Lipinski definition) is 3. The number of ether oxygens (including phenoxy) is 1. The van der Waals surface area contributed by atoms with Crippen LogP contribution in [0.1, 0.15) is 23.0 Å². The quantitative estimate of drug-likeness (QED) is 0.689. The third kappa shape index (κ3) is 3.27. The van der Waals surface area contributed by atoms with Crippen molar-refractivity contribution in [3.63, 3.8) is 0 Å². The molecule has 0 aliphatic carbocycles. The first-order valence-corrected chi connectivity index (χ1v) is 3.56. The lowest BCUT2D eigenvalue weighted by atomic mass is 10.3. The number of H-pyrrole nitrogens is 1. The Morgan fingerprint density at radius 3 is 2.62 bits per heavy atom. The van der Waals surface area contributed by atoms with E-state index in [9.17, 15) is 4.79 Å². The van der Waals surface area contributed by atoms with Crippen molar-refractivity contribution in [3.8, 4) is 0 Å². The van der Waals surface area contributed by atoms with Crippen LogP contribution >= 0.6 is 0 Å². The molecule has 0 amide bonds. The molecule has 0 saturated carbocycles. The minimum Gasteiger partial charge on any atom is -0.870 e.